The van der Waals surface area contributed by atoms with E-state index < -0.39 is 171 Å². The van der Waals surface area contributed by atoms with Crippen LogP contribution in [0.5, 0.6) is 11.5 Å². The first kappa shape index (κ1) is 114. The van der Waals surface area contributed by atoms with Crippen molar-refractivity contribution in [3.63, 3.8) is 0 Å². The third-order valence-electron chi connectivity index (χ3n) is 24.1. The van der Waals surface area contributed by atoms with Crippen LogP contribution in [-0.4, -0.2) is 246 Å². The summed E-state index contributed by atoms with van der Waals surface area (Å²) < 4.78 is 82.7. The number of hydrogen-bond donors (Lipinski definition) is 9. The quantitative estimate of drug-likeness (QED) is 0.00951. The van der Waals surface area contributed by atoms with Gasteiger partial charge in [0, 0.05) is 99.8 Å². The van der Waals surface area contributed by atoms with Crippen molar-refractivity contribution in [1.82, 2.24) is 4.90 Å². The summed E-state index contributed by atoms with van der Waals surface area (Å²) >= 11 is 25.8. The predicted molar refractivity (Wildman–Crippen MR) is 524 cm³/mol. The Hall–Kier alpha value is -11.2. The van der Waals surface area contributed by atoms with Crippen molar-refractivity contribution in [3.05, 3.63) is 289 Å². The Balaban J connectivity index is 0.000000191. The molecule has 9 N–H and O–H groups in total. The van der Waals surface area contributed by atoms with Gasteiger partial charge in [0.1, 0.15) is 121 Å². The summed E-state index contributed by atoms with van der Waals surface area (Å²) in [6.07, 6.45) is -14.7. The Morgan fingerprint density at radius 2 is 0.720 bits per heavy atom. The van der Waals surface area contributed by atoms with Crippen molar-refractivity contribution in [1.29, 1.82) is 0 Å². The summed E-state index contributed by atoms with van der Waals surface area (Å²) in [5.74, 6) is -3.61. The topological polar surface area (TPSA) is 485 Å². The zero-order chi connectivity index (χ0) is 105. The van der Waals surface area contributed by atoms with Gasteiger partial charge in [0.2, 0.25) is 6.41 Å². The van der Waals surface area contributed by atoms with E-state index in [1.54, 1.807) is 131 Å². The number of nitrogens with zero attached hydrogens (tertiary/aromatic N) is 1. The number of methoxy groups -OCH3 is 2. The van der Waals surface area contributed by atoms with Crippen LogP contribution in [0.3, 0.4) is 0 Å². The first-order valence-electron chi connectivity index (χ1n) is 45.7. The average Bonchev–Trinajstić information content (AvgIpc) is 0.677. The molecule has 0 unspecified atom stereocenters. The number of phenols is 1. The SMILES string of the molecule is CC(=O)OC[C@H]1O[C@@H](c2ccc(Cl)c(Cc3ccc(O)c(C(C)=O)c3)c2)[C@H](OC(C)=O)[C@@H](OC(C)=O)[C@@H]1C.CCOc1ccc(Cc2cc([C@@H]3O[C@H](COC(C)=O)[C@@H](C)[C@H](OC(C)=O)[C@H]3OC(C)=O)ccc2Cl)cc1.COC(OC)N(C)C.O=c1ccoc2ccc(Cc3cc([C@@H]4O[C@H](CO)[C@@H](O)[C@H](O)[C@H]4O)ccc3Cl)cc12.O=c1ccoc2ccc(Cc3cc([C@@H]4O[C@H](CO)[C@@H](O)[C@H](O)[C@H]4O)ccc3Cl)cc12. The number of halogens is 4. The van der Waals surface area contributed by atoms with Crippen LogP contribution in [0.2, 0.25) is 20.1 Å². The van der Waals surface area contributed by atoms with E-state index in [1.165, 1.54) is 79.2 Å². The molecule has 4 fully saturated rings. The van der Waals surface area contributed by atoms with Gasteiger partial charge in [0.15, 0.2) is 28.8 Å². The normalized spacial score (nSPS) is 23.9. The van der Waals surface area contributed by atoms with Crippen molar-refractivity contribution >= 4 is 110 Å². The number of hydrogen-bond acceptors (Lipinski definition) is 34. The molecule has 143 heavy (non-hydrogen) atoms. The molecule has 2 aromatic heterocycles. The number of benzene rings is 8. The number of fused-ring (bicyclic) bond motifs is 2. The molecule has 20 atom stereocenters. The first-order valence-corrected chi connectivity index (χ1v) is 47.2. The molecular weight excluding hydrogens is 1940 g/mol. The second kappa shape index (κ2) is 53.1. The molecule has 34 nitrogen and oxygen atoms in total. The van der Waals surface area contributed by atoms with Crippen LogP contribution in [0.1, 0.15) is 171 Å². The molecule has 0 saturated carbocycles. The minimum absolute atomic E-state index is 0.0375. The molecule has 4 aliphatic heterocycles. The Bertz CT molecular complexity index is 5970. The number of Topliss-reactive ketones (excluding diaryl/α,β-unsaturated/α-hetero) is 1. The van der Waals surface area contributed by atoms with Crippen molar-refractivity contribution in [3.8, 4) is 11.5 Å². The molecule has 6 heterocycles. The van der Waals surface area contributed by atoms with Crippen molar-refractivity contribution in [2.45, 2.75) is 211 Å². The Labute approximate surface area is 844 Å². The zero-order valence-electron chi connectivity index (χ0n) is 81.0. The lowest BCUT2D eigenvalue weighted by Crippen LogP contribution is -2.55. The summed E-state index contributed by atoms with van der Waals surface area (Å²) in [5, 5.41) is 92.5. The fourth-order valence-corrected chi connectivity index (χ4v) is 17.7. The lowest BCUT2D eigenvalue weighted by Gasteiger charge is -2.44. The lowest BCUT2D eigenvalue weighted by atomic mass is 9.85. The standard InChI is InChI=1S/C28H31ClO9.C28H33ClO8.2C22H21ClO7.C5H13NO2/c1-14-25(13-35-16(3)31)38-27(28(37-18(5)33)26(14)36-17(4)32)20-7-8-23(29)21(12-20)10-19-6-9-24(34)22(11-19)15(2)30;1-6-33-23-10-7-20(8-11-23)13-22-14-21(9-12-24(22)29)27-28(36-19(5)32)26(35-18(4)31)16(2)25(37-27)15-34-17(3)30;2*23-15-3-2-12(22-21(28)20(27)19(26)18(10-24)30-22)9-13(15)7-11-1-4-17-14(8-11)16(25)5-6-29-17;1-6(2)5(7-3)8-4/h6-9,11-12,14,25-28,34H,10,13H2,1-5H3;7-12,14,16,25-28H,6,13,15H2,1-5H3;2*1-6,8-9,18-22,24,26-28H,7,10H2;5H,1-4H3/t14-,25-,26+,27+,28-;16-,25-,26+,27+,28-;2*18-,19-,20+,21-,22+;/m1111./s1. The Morgan fingerprint density at radius 3 is 1.04 bits per heavy atom. The largest absolute Gasteiger partial charge is 0.507 e. The number of phenolic OH excluding ortho intramolecular Hbond substituents is 1. The number of ether oxygens (including phenoxy) is 13. The molecular formula is C105H119Cl4NO33. The summed E-state index contributed by atoms with van der Waals surface area (Å²) in [4.78, 5) is 109. The third kappa shape index (κ3) is 30.5. The number of aliphatic hydroxyl groups is 8. The van der Waals surface area contributed by atoms with E-state index in [0.29, 0.717) is 102 Å². The van der Waals surface area contributed by atoms with Crippen LogP contribution in [-0.2, 0) is 111 Å². The average molecular weight is 2060 g/mol. The minimum Gasteiger partial charge on any atom is -0.507 e. The molecule has 0 spiro atoms. The fourth-order valence-electron chi connectivity index (χ4n) is 16.9. The first-order chi connectivity index (χ1) is 67.9. The van der Waals surface area contributed by atoms with Gasteiger partial charge in [-0.15, -0.1) is 0 Å². The van der Waals surface area contributed by atoms with E-state index >= 15 is 0 Å². The lowest BCUT2D eigenvalue weighted by molar-refractivity contribution is -0.232. The van der Waals surface area contributed by atoms with Gasteiger partial charge in [-0.05, 0) is 193 Å². The van der Waals surface area contributed by atoms with Gasteiger partial charge in [-0.25, -0.2) is 0 Å². The summed E-state index contributed by atoms with van der Waals surface area (Å²) in [5.41, 5.74) is 9.73. The van der Waals surface area contributed by atoms with Gasteiger partial charge >= 0.3 is 35.8 Å². The summed E-state index contributed by atoms with van der Waals surface area (Å²) in [6, 6.07) is 46.6. The second-order valence-electron chi connectivity index (χ2n) is 34.9. The fraction of sp³-hybridized carbons (Fsp3) is 0.419. The van der Waals surface area contributed by atoms with Gasteiger partial charge in [0.25, 0.3) is 0 Å². The predicted octanol–water partition coefficient (Wildman–Crippen LogP) is 12.4. The molecule has 0 amide bonds. The summed E-state index contributed by atoms with van der Waals surface area (Å²) in [6.45, 7) is 14.0. The van der Waals surface area contributed by atoms with E-state index in [0.717, 1.165) is 44.7 Å². The molecule has 8 aromatic carbocycles. The van der Waals surface area contributed by atoms with E-state index in [2.05, 4.69) is 0 Å². The van der Waals surface area contributed by atoms with Crippen LogP contribution >= 0.6 is 46.4 Å². The Morgan fingerprint density at radius 1 is 0.392 bits per heavy atom. The van der Waals surface area contributed by atoms with Gasteiger partial charge in [0.05, 0.1) is 60.9 Å². The van der Waals surface area contributed by atoms with Crippen LogP contribution in [0.4, 0.5) is 0 Å². The van der Waals surface area contributed by atoms with E-state index in [4.69, 9.17) is 117 Å². The van der Waals surface area contributed by atoms with Crippen LogP contribution in [0.25, 0.3) is 21.9 Å². The van der Waals surface area contributed by atoms with Gasteiger partial charge in [-0.2, -0.15) is 0 Å². The molecule has 0 bridgehead atoms. The maximum atomic E-state index is 12.1. The van der Waals surface area contributed by atoms with E-state index in [1.807, 2.05) is 68.4 Å². The molecule has 4 saturated heterocycles. The van der Waals surface area contributed by atoms with Crippen LogP contribution < -0.4 is 15.6 Å². The molecule has 770 valence electrons. The highest BCUT2D eigenvalue weighted by molar-refractivity contribution is 6.32. The number of carbonyl (C=O) groups is 7. The number of aliphatic hydroxyl groups excluding tert-OH is 8. The summed E-state index contributed by atoms with van der Waals surface area (Å²) in [7, 11) is 6.98. The molecule has 0 radical (unpaired) electrons. The smallest absolute Gasteiger partial charge is 0.303 e. The number of rotatable bonds is 28. The maximum absolute atomic E-state index is 12.1. The van der Waals surface area contributed by atoms with Crippen LogP contribution in [0.15, 0.2) is 195 Å². The highest BCUT2D eigenvalue weighted by Gasteiger charge is 2.52. The Kier molecular flexibility index (Phi) is 42.2. The van der Waals surface area contributed by atoms with Gasteiger partial charge in [-0.1, -0.05) is 139 Å². The third-order valence-corrected chi connectivity index (χ3v) is 25.6. The molecule has 0 aliphatic carbocycles. The number of aromatic hydroxyl groups is 1. The number of ketones is 1. The molecule has 10 aromatic rings. The molecule has 14 rings (SSSR count). The van der Waals surface area contributed by atoms with Gasteiger partial charge < -0.3 is 116 Å². The monoisotopic (exact) mass is 2060 g/mol. The van der Waals surface area contributed by atoms with Crippen molar-refractivity contribution < 1.29 is 150 Å². The number of carbonyl (C=O) groups excluding carboxylic acids is 7. The van der Waals surface area contributed by atoms with Crippen molar-refractivity contribution in [2.24, 2.45) is 11.8 Å². The van der Waals surface area contributed by atoms with Crippen molar-refractivity contribution in [2.75, 3.05) is 61.3 Å². The van der Waals surface area contributed by atoms with E-state index in [-0.39, 0.29) is 47.6 Å². The van der Waals surface area contributed by atoms with E-state index in [9.17, 15) is 89.1 Å². The molecule has 4 aliphatic rings. The highest BCUT2D eigenvalue weighted by atomic mass is 35.5. The van der Waals surface area contributed by atoms with Gasteiger partial charge in [-0.3, -0.25) is 48.1 Å². The minimum atomic E-state index is -1.46. The maximum Gasteiger partial charge on any atom is 0.303 e. The number of esters is 6. The highest BCUT2D eigenvalue weighted by Crippen LogP contribution is 2.45. The molecule has 38 heteroatoms. The second-order valence-corrected chi connectivity index (χ2v) is 36.5. The zero-order valence-corrected chi connectivity index (χ0v) is 84.0. The van der Waals surface area contributed by atoms with Crippen LogP contribution in [0, 0.1) is 11.8 Å².